The maximum absolute atomic E-state index is 15.4. The van der Waals surface area contributed by atoms with Crippen molar-refractivity contribution in [2.45, 2.75) is 24.6 Å². The van der Waals surface area contributed by atoms with E-state index in [0.29, 0.717) is 46.1 Å². The first kappa shape index (κ1) is 30.0. The van der Waals surface area contributed by atoms with Gasteiger partial charge in [0.25, 0.3) is 11.5 Å². The van der Waals surface area contributed by atoms with Gasteiger partial charge in [-0.2, -0.15) is 13.2 Å². The zero-order chi connectivity index (χ0) is 30.3. The number of halogens is 5. The highest BCUT2D eigenvalue weighted by Crippen LogP contribution is 2.34. The van der Waals surface area contributed by atoms with E-state index < -0.39 is 47.5 Å². The molecule has 2 aromatic heterocycles. The number of piperidine rings is 1. The summed E-state index contributed by atoms with van der Waals surface area (Å²) in [5.74, 6) is -3.17. The van der Waals surface area contributed by atoms with Gasteiger partial charge in [-0.15, -0.1) is 0 Å². The molecule has 0 bridgehead atoms. The van der Waals surface area contributed by atoms with Crippen LogP contribution in [-0.2, 0) is 13.2 Å². The average Bonchev–Trinajstić information content (AvgIpc) is 2.90. The van der Waals surface area contributed by atoms with Gasteiger partial charge >= 0.3 is 12.2 Å². The highest BCUT2D eigenvalue weighted by atomic mass is 19.4. The number of carbonyl (C=O) groups excluding carboxylic acids is 1. The van der Waals surface area contributed by atoms with Crippen molar-refractivity contribution < 1.29 is 26.7 Å². The number of likely N-dealkylation sites (N-methyl/N-ethyl adjacent to an activating group) is 1. The Hall–Kier alpha value is -3.95. The van der Waals surface area contributed by atoms with Crippen LogP contribution in [-0.4, -0.2) is 101 Å². The van der Waals surface area contributed by atoms with E-state index in [9.17, 15) is 22.8 Å². The molecule has 16 heteroatoms. The van der Waals surface area contributed by atoms with E-state index in [1.54, 1.807) is 6.07 Å². The topological polar surface area (TPSA) is 127 Å². The molecule has 4 N–H and O–H groups in total. The second kappa shape index (κ2) is 11.1. The van der Waals surface area contributed by atoms with Crippen molar-refractivity contribution in [3.8, 4) is 0 Å². The minimum atomic E-state index is -4.78. The summed E-state index contributed by atoms with van der Waals surface area (Å²) in [6, 6.07) is -0.714. The Morgan fingerprint density at radius 2 is 1.83 bits per heavy atom. The molecule has 2 aromatic rings. The molecule has 0 aliphatic carbocycles. The van der Waals surface area contributed by atoms with Crippen molar-refractivity contribution in [2.75, 3.05) is 69.3 Å². The third-order valence-electron chi connectivity index (χ3n) is 7.45. The maximum Gasteiger partial charge on any atom is 0.417 e. The van der Waals surface area contributed by atoms with Crippen molar-refractivity contribution in [3.05, 3.63) is 46.0 Å². The smallest absolute Gasteiger partial charge is 0.383 e. The predicted molar refractivity (Wildman–Crippen MR) is 144 cm³/mol. The summed E-state index contributed by atoms with van der Waals surface area (Å²) < 4.78 is 71.0. The molecule has 224 valence electrons. The van der Waals surface area contributed by atoms with E-state index >= 15 is 8.78 Å². The number of piperazine rings is 1. The number of hydrogen-bond donors (Lipinski definition) is 3. The Kier molecular flexibility index (Phi) is 8.16. The van der Waals surface area contributed by atoms with Gasteiger partial charge in [0.2, 0.25) is 0 Å². The van der Waals surface area contributed by atoms with Gasteiger partial charge in [-0.25, -0.2) is 18.6 Å². The Morgan fingerprint density at radius 3 is 2.44 bits per heavy atom. The molecule has 2 aliphatic heterocycles. The summed E-state index contributed by atoms with van der Waals surface area (Å²) in [6.07, 6.45) is -3.04. The van der Waals surface area contributed by atoms with Crippen LogP contribution in [0, 0.1) is 5.41 Å². The molecular weight excluding hydrogens is 553 g/mol. The first-order valence-corrected chi connectivity index (χ1v) is 12.8. The number of nitrogen functional groups attached to an aromatic ring is 1. The first-order chi connectivity index (χ1) is 19.1. The fraction of sp³-hybridized carbons (Fsp3) is 0.520. The number of amides is 2. The van der Waals surface area contributed by atoms with Gasteiger partial charge in [-0.05, 0) is 25.6 Å². The van der Waals surface area contributed by atoms with Crippen molar-refractivity contribution in [1.29, 1.82) is 5.41 Å². The van der Waals surface area contributed by atoms with Gasteiger partial charge in [0.15, 0.2) is 0 Å². The monoisotopic (exact) mass is 585 g/mol. The zero-order valence-corrected chi connectivity index (χ0v) is 22.8. The van der Waals surface area contributed by atoms with Crippen molar-refractivity contribution in [2.24, 2.45) is 7.05 Å². The number of urea groups is 1. The number of aryl methyl sites for hydroxylation is 1. The summed E-state index contributed by atoms with van der Waals surface area (Å²) in [7, 11) is 4.17. The lowest BCUT2D eigenvalue weighted by Crippen LogP contribution is -2.59. The Morgan fingerprint density at radius 1 is 1.17 bits per heavy atom. The number of aromatic nitrogens is 2. The largest absolute Gasteiger partial charge is 0.417 e. The molecule has 1 atom stereocenters. The molecule has 0 radical (unpaired) electrons. The number of hydrogen-bond acceptors (Lipinski definition) is 7. The van der Waals surface area contributed by atoms with Gasteiger partial charge in [-0.3, -0.25) is 10.2 Å². The van der Waals surface area contributed by atoms with Crippen LogP contribution >= 0.6 is 0 Å². The summed E-state index contributed by atoms with van der Waals surface area (Å²) in [4.78, 5) is 35.3. The standard InChI is InChI=1S/C25H32F5N9O2/c1-35-6-8-38(9-7-35)21(32)17-11-16(12-33-20(17)31)39-5-4-19(24(26,27)14-39)37(3)23(41)34-18-10-15(25(28,29)30)13-36(2)22(18)40/h10-13,19,32H,4-9,14H2,1-3H3,(H2,31,33)(H,34,41). The van der Waals surface area contributed by atoms with Gasteiger partial charge < -0.3 is 35.2 Å². The number of anilines is 3. The zero-order valence-electron chi connectivity index (χ0n) is 22.8. The van der Waals surface area contributed by atoms with E-state index in [-0.39, 0.29) is 24.6 Å². The maximum atomic E-state index is 15.4. The molecule has 2 amide bonds. The third-order valence-corrected chi connectivity index (χ3v) is 7.45. The molecule has 0 spiro atoms. The molecule has 11 nitrogen and oxygen atoms in total. The van der Waals surface area contributed by atoms with Crippen LogP contribution in [0.1, 0.15) is 17.5 Å². The van der Waals surface area contributed by atoms with E-state index in [4.69, 9.17) is 11.1 Å². The molecule has 2 aliphatic rings. The van der Waals surface area contributed by atoms with Crippen molar-refractivity contribution in [3.63, 3.8) is 0 Å². The van der Waals surface area contributed by atoms with E-state index in [1.165, 1.54) is 11.1 Å². The first-order valence-electron chi connectivity index (χ1n) is 12.8. The quantitative estimate of drug-likeness (QED) is 0.286. The van der Waals surface area contributed by atoms with Crippen LogP contribution in [0.4, 0.5) is 43.9 Å². The van der Waals surface area contributed by atoms with Crippen molar-refractivity contribution in [1.82, 2.24) is 24.3 Å². The summed E-state index contributed by atoms with van der Waals surface area (Å²) in [5, 5.41) is 10.7. The molecule has 4 rings (SSSR count). The lowest BCUT2D eigenvalue weighted by molar-refractivity contribution is -0.138. The number of nitrogens with one attached hydrogen (secondary N) is 2. The number of alkyl halides is 5. The highest BCUT2D eigenvalue weighted by molar-refractivity contribution is 6.01. The third kappa shape index (κ3) is 6.36. The summed E-state index contributed by atoms with van der Waals surface area (Å²) in [6.45, 7) is 2.06. The van der Waals surface area contributed by atoms with E-state index in [1.807, 2.05) is 11.9 Å². The van der Waals surface area contributed by atoms with Crippen LogP contribution in [0.3, 0.4) is 0 Å². The minimum absolute atomic E-state index is 0.0933. The van der Waals surface area contributed by atoms with Gasteiger partial charge in [-0.1, -0.05) is 0 Å². The molecule has 41 heavy (non-hydrogen) atoms. The normalized spacial score (nSPS) is 19.7. The lowest BCUT2D eigenvalue weighted by Gasteiger charge is -2.43. The lowest BCUT2D eigenvalue weighted by atomic mass is 9.98. The Labute approximate surface area is 232 Å². The van der Waals surface area contributed by atoms with E-state index in [2.05, 4.69) is 15.2 Å². The number of amidine groups is 1. The van der Waals surface area contributed by atoms with Crippen LogP contribution in [0.2, 0.25) is 0 Å². The van der Waals surface area contributed by atoms with E-state index in [0.717, 1.165) is 27.2 Å². The highest BCUT2D eigenvalue weighted by Gasteiger charge is 2.48. The number of nitrogens with two attached hydrogens (primary N) is 1. The molecule has 1 unspecified atom stereocenters. The second-order valence-corrected chi connectivity index (χ2v) is 10.3. The van der Waals surface area contributed by atoms with Crippen LogP contribution < -0.4 is 21.5 Å². The fourth-order valence-corrected chi connectivity index (χ4v) is 4.95. The average molecular weight is 586 g/mol. The van der Waals surface area contributed by atoms with Crippen LogP contribution in [0.25, 0.3) is 0 Å². The Bertz CT molecular complexity index is 1370. The molecule has 4 heterocycles. The molecule has 2 fully saturated rings. The van der Waals surface area contributed by atoms with Crippen molar-refractivity contribution >= 4 is 29.1 Å². The van der Waals surface area contributed by atoms with Gasteiger partial charge in [0, 0.05) is 53.0 Å². The number of nitrogens with zero attached hydrogens (tertiary/aromatic N) is 6. The molecular formula is C25H32F5N9O2. The van der Waals surface area contributed by atoms with Crippen LogP contribution in [0.15, 0.2) is 29.3 Å². The molecule has 0 aromatic carbocycles. The summed E-state index contributed by atoms with van der Waals surface area (Å²) >= 11 is 0. The van der Waals surface area contributed by atoms with Crippen LogP contribution in [0.5, 0.6) is 0 Å². The van der Waals surface area contributed by atoms with Gasteiger partial charge in [0.1, 0.15) is 23.4 Å². The number of pyridine rings is 2. The van der Waals surface area contributed by atoms with Gasteiger partial charge in [0.05, 0.1) is 29.6 Å². The number of carbonyl (C=O) groups is 1. The fourth-order valence-electron chi connectivity index (χ4n) is 4.95. The molecule has 0 saturated carbocycles. The minimum Gasteiger partial charge on any atom is -0.383 e. The SMILES string of the molecule is CN1CCN(C(=N)c2cc(N3CCC(N(C)C(=O)Nc4cc(C(F)(F)F)cn(C)c4=O)C(F)(F)C3)cnc2N)CC1. The number of rotatable bonds is 4. The second-order valence-electron chi connectivity index (χ2n) is 10.3. The Balaban J connectivity index is 1.47. The predicted octanol–water partition coefficient (Wildman–Crippen LogP) is 2.33. The molecule has 2 saturated heterocycles. The summed E-state index contributed by atoms with van der Waals surface area (Å²) in [5.41, 5.74) is 3.92.